The molecule has 102 valence electrons. The molecule has 1 atom stereocenters. The summed E-state index contributed by atoms with van der Waals surface area (Å²) in [5.41, 5.74) is -0.253. The third kappa shape index (κ3) is 2.94. The van der Waals surface area contributed by atoms with Crippen LogP contribution in [0.1, 0.15) is 27.7 Å². The lowest BCUT2D eigenvalue weighted by Gasteiger charge is -2.27. The Morgan fingerprint density at radius 2 is 1.94 bits per heavy atom. The number of hydrogen-bond acceptors (Lipinski definition) is 5. The van der Waals surface area contributed by atoms with Crippen molar-refractivity contribution in [1.29, 1.82) is 0 Å². The standard InChI is InChI=1S/C12H19NO5/c1-7-8(14)6-13(9(7)10(15)17-5)11(16)18-12(2,3)4/h9,14H,6H2,1-5H3/t9-/m0/s1. The normalized spacial score (nSPS) is 20.1. The van der Waals surface area contributed by atoms with E-state index in [0.717, 1.165) is 4.90 Å². The molecular weight excluding hydrogens is 238 g/mol. The number of hydrogen-bond donors (Lipinski definition) is 1. The summed E-state index contributed by atoms with van der Waals surface area (Å²) in [5, 5.41) is 9.65. The Morgan fingerprint density at radius 3 is 2.39 bits per heavy atom. The minimum atomic E-state index is -0.912. The molecule has 0 saturated carbocycles. The van der Waals surface area contributed by atoms with E-state index in [0.29, 0.717) is 5.57 Å². The van der Waals surface area contributed by atoms with Crippen LogP contribution < -0.4 is 0 Å². The van der Waals surface area contributed by atoms with Gasteiger partial charge in [0.05, 0.1) is 13.7 Å². The lowest BCUT2D eigenvalue weighted by atomic mass is 10.1. The summed E-state index contributed by atoms with van der Waals surface area (Å²) in [4.78, 5) is 24.7. The molecule has 0 aliphatic carbocycles. The van der Waals surface area contributed by atoms with Crippen LogP contribution in [-0.4, -0.2) is 47.4 Å². The average molecular weight is 257 g/mol. The molecule has 0 radical (unpaired) electrons. The Morgan fingerprint density at radius 1 is 1.39 bits per heavy atom. The summed E-state index contributed by atoms with van der Waals surface area (Å²) in [6, 6.07) is -0.912. The van der Waals surface area contributed by atoms with Crippen LogP contribution >= 0.6 is 0 Å². The quantitative estimate of drug-likeness (QED) is 0.722. The summed E-state index contributed by atoms with van der Waals surface area (Å²) in [6.45, 7) is 6.73. The van der Waals surface area contributed by atoms with E-state index in [9.17, 15) is 14.7 Å². The van der Waals surface area contributed by atoms with E-state index in [1.807, 2.05) is 0 Å². The van der Waals surface area contributed by atoms with E-state index in [-0.39, 0.29) is 12.3 Å². The average Bonchev–Trinajstić information content (AvgIpc) is 2.52. The molecule has 0 aromatic rings. The highest BCUT2D eigenvalue weighted by molar-refractivity contribution is 5.86. The predicted octanol–water partition coefficient (Wildman–Crippen LogP) is 1.61. The lowest BCUT2D eigenvalue weighted by molar-refractivity contribution is -0.144. The van der Waals surface area contributed by atoms with E-state index in [1.165, 1.54) is 7.11 Å². The number of methoxy groups -OCH3 is 1. The van der Waals surface area contributed by atoms with Crippen molar-refractivity contribution in [2.75, 3.05) is 13.7 Å². The van der Waals surface area contributed by atoms with Gasteiger partial charge in [-0.15, -0.1) is 0 Å². The number of esters is 1. The van der Waals surface area contributed by atoms with Gasteiger partial charge in [0.25, 0.3) is 0 Å². The van der Waals surface area contributed by atoms with Crippen LogP contribution in [0, 0.1) is 0 Å². The van der Waals surface area contributed by atoms with Gasteiger partial charge in [-0.1, -0.05) is 0 Å². The first-order valence-corrected chi connectivity index (χ1v) is 5.63. The molecule has 0 fully saturated rings. The van der Waals surface area contributed by atoms with E-state index in [4.69, 9.17) is 4.74 Å². The minimum Gasteiger partial charge on any atom is -0.510 e. The topological polar surface area (TPSA) is 76.1 Å². The van der Waals surface area contributed by atoms with Gasteiger partial charge in [-0.05, 0) is 33.3 Å². The first-order chi connectivity index (χ1) is 8.17. The summed E-state index contributed by atoms with van der Waals surface area (Å²) < 4.78 is 9.81. The maximum atomic E-state index is 11.9. The zero-order chi connectivity index (χ0) is 14.1. The van der Waals surface area contributed by atoms with Gasteiger partial charge in [0.2, 0.25) is 0 Å². The first kappa shape index (κ1) is 14.3. The third-order valence-electron chi connectivity index (χ3n) is 2.55. The Kier molecular flexibility index (Phi) is 3.88. The number of carbonyl (C=O) groups excluding carboxylic acids is 2. The number of aliphatic hydroxyl groups excluding tert-OH is 1. The van der Waals surface area contributed by atoms with Crippen molar-refractivity contribution in [3.05, 3.63) is 11.3 Å². The van der Waals surface area contributed by atoms with Gasteiger partial charge in [0.1, 0.15) is 11.4 Å². The molecule has 0 saturated heterocycles. The molecule has 1 aliphatic rings. The van der Waals surface area contributed by atoms with E-state index in [1.54, 1.807) is 27.7 Å². The molecule has 0 spiro atoms. The second kappa shape index (κ2) is 4.88. The van der Waals surface area contributed by atoms with Crippen LogP contribution in [0.5, 0.6) is 0 Å². The summed E-state index contributed by atoms with van der Waals surface area (Å²) in [7, 11) is 1.23. The van der Waals surface area contributed by atoms with Crippen molar-refractivity contribution in [1.82, 2.24) is 4.90 Å². The predicted molar refractivity (Wildman–Crippen MR) is 64.1 cm³/mol. The van der Waals surface area contributed by atoms with E-state index in [2.05, 4.69) is 4.74 Å². The molecule has 6 nitrogen and oxygen atoms in total. The minimum absolute atomic E-state index is 0.00346. The third-order valence-corrected chi connectivity index (χ3v) is 2.55. The van der Waals surface area contributed by atoms with Crippen LogP contribution in [0.25, 0.3) is 0 Å². The smallest absolute Gasteiger partial charge is 0.411 e. The van der Waals surface area contributed by atoms with Crippen LogP contribution in [0.15, 0.2) is 11.3 Å². The monoisotopic (exact) mass is 257 g/mol. The van der Waals surface area contributed by atoms with Gasteiger partial charge in [-0.3, -0.25) is 4.90 Å². The maximum Gasteiger partial charge on any atom is 0.411 e. The molecule has 1 heterocycles. The number of carbonyl (C=O) groups is 2. The fourth-order valence-electron chi connectivity index (χ4n) is 1.68. The zero-order valence-corrected chi connectivity index (χ0v) is 11.3. The summed E-state index contributed by atoms with van der Waals surface area (Å²) >= 11 is 0. The molecule has 1 aliphatic heterocycles. The van der Waals surface area contributed by atoms with Crippen molar-refractivity contribution < 1.29 is 24.2 Å². The number of nitrogens with zero attached hydrogens (tertiary/aromatic N) is 1. The molecule has 0 bridgehead atoms. The number of aliphatic hydroxyl groups is 1. The van der Waals surface area contributed by atoms with Crippen molar-refractivity contribution >= 4 is 12.1 Å². The Hall–Kier alpha value is -1.72. The zero-order valence-electron chi connectivity index (χ0n) is 11.3. The van der Waals surface area contributed by atoms with Crippen molar-refractivity contribution in [3.63, 3.8) is 0 Å². The highest BCUT2D eigenvalue weighted by atomic mass is 16.6. The van der Waals surface area contributed by atoms with Crippen LogP contribution in [-0.2, 0) is 14.3 Å². The molecule has 1 amide bonds. The van der Waals surface area contributed by atoms with Crippen LogP contribution in [0.3, 0.4) is 0 Å². The second-order valence-electron chi connectivity index (χ2n) is 5.16. The molecule has 0 aromatic heterocycles. The second-order valence-corrected chi connectivity index (χ2v) is 5.16. The molecule has 0 unspecified atom stereocenters. The van der Waals surface area contributed by atoms with Crippen molar-refractivity contribution in [2.45, 2.75) is 39.3 Å². The van der Waals surface area contributed by atoms with Gasteiger partial charge in [-0.25, -0.2) is 9.59 Å². The van der Waals surface area contributed by atoms with Crippen LogP contribution in [0.4, 0.5) is 4.79 Å². The number of rotatable bonds is 1. The van der Waals surface area contributed by atoms with E-state index < -0.39 is 23.7 Å². The fourth-order valence-corrected chi connectivity index (χ4v) is 1.68. The van der Waals surface area contributed by atoms with Gasteiger partial charge in [0.15, 0.2) is 6.04 Å². The highest BCUT2D eigenvalue weighted by Gasteiger charge is 2.41. The van der Waals surface area contributed by atoms with Gasteiger partial charge < -0.3 is 14.6 Å². The fraction of sp³-hybridized carbons (Fsp3) is 0.667. The van der Waals surface area contributed by atoms with Gasteiger partial charge >= 0.3 is 12.1 Å². The maximum absolute atomic E-state index is 11.9. The SMILES string of the molecule is COC(=O)[C@@H]1C(C)=C(O)CN1C(=O)OC(C)(C)C. The highest BCUT2D eigenvalue weighted by Crippen LogP contribution is 2.25. The van der Waals surface area contributed by atoms with Gasteiger partial charge in [-0.2, -0.15) is 0 Å². The van der Waals surface area contributed by atoms with Crippen molar-refractivity contribution in [2.24, 2.45) is 0 Å². The Labute approximate surface area is 106 Å². The van der Waals surface area contributed by atoms with Gasteiger partial charge in [0, 0.05) is 0 Å². The number of amides is 1. The summed E-state index contributed by atoms with van der Waals surface area (Å²) in [5.74, 6) is -0.598. The molecule has 1 rings (SSSR count). The molecule has 1 N–H and O–H groups in total. The molecule has 6 heteroatoms. The Balaban J connectivity index is 2.90. The van der Waals surface area contributed by atoms with Crippen LogP contribution in [0.2, 0.25) is 0 Å². The molecular formula is C12H19NO5. The Bertz CT molecular complexity index is 394. The van der Waals surface area contributed by atoms with Crippen molar-refractivity contribution in [3.8, 4) is 0 Å². The van der Waals surface area contributed by atoms with E-state index >= 15 is 0 Å². The largest absolute Gasteiger partial charge is 0.510 e. The summed E-state index contributed by atoms with van der Waals surface area (Å²) in [6.07, 6.45) is -0.652. The molecule has 0 aromatic carbocycles. The molecule has 18 heavy (non-hydrogen) atoms. The number of ether oxygens (including phenoxy) is 2. The lowest BCUT2D eigenvalue weighted by Crippen LogP contribution is -2.45. The first-order valence-electron chi connectivity index (χ1n) is 5.63.